The molecule has 0 aromatic heterocycles. The number of hydrogen-bond donors (Lipinski definition) is 1. The molecule has 0 bridgehead atoms. The van der Waals surface area contributed by atoms with Crippen molar-refractivity contribution in [1.82, 2.24) is 5.32 Å². The third-order valence-corrected chi connectivity index (χ3v) is 3.20. The molecule has 0 radical (unpaired) electrons. The molecule has 1 aromatic carbocycles. The molecule has 1 N–H and O–H groups in total. The van der Waals surface area contributed by atoms with E-state index in [4.69, 9.17) is 0 Å². The number of aryl methyl sites for hydroxylation is 1. The number of nitrogens with one attached hydrogen (secondary N) is 1. The van der Waals surface area contributed by atoms with Gasteiger partial charge in [-0.2, -0.15) is 0 Å². The van der Waals surface area contributed by atoms with Gasteiger partial charge in [0.15, 0.2) is 0 Å². The zero-order valence-corrected chi connectivity index (χ0v) is 12.8. The lowest BCUT2D eigenvalue weighted by Gasteiger charge is -2.15. The number of benzene rings is 1. The molecule has 0 atom stereocenters. The molecule has 0 aliphatic rings. The summed E-state index contributed by atoms with van der Waals surface area (Å²) >= 11 is 0. The van der Waals surface area contributed by atoms with E-state index in [9.17, 15) is 4.39 Å². The van der Waals surface area contributed by atoms with E-state index < -0.39 is 0 Å². The number of rotatable bonds is 6. The van der Waals surface area contributed by atoms with Gasteiger partial charge in [-0.15, -0.1) is 0 Å². The fourth-order valence-corrected chi connectivity index (χ4v) is 1.93. The second-order valence-corrected chi connectivity index (χ2v) is 5.90. The summed E-state index contributed by atoms with van der Waals surface area (Å²) in [5.74, 6) is 0.976. The zero-order chi connectivity index (χ0) is 14.4. The summed E-state index contributed by atoms with van der Waals surface area (Å²) in [6.07, 6.45) is 2.19. The van der Waals surface area contributed by atoms with Gasteiger partial charge in [0, 0.05) is 6.54 Å². The minimum atomic E-state index is -0.168. The van der Waals surface area contributed by atoms with Gasteiger partial charge in [-0.25, -0.2) is 4.39 Å². The van der Waals surface area contributed by atoms with Crippen LogP contribution in [0.1, 0.15) is 38.8 Å². The van der Waals surface area contributed by atoms with Crippen LogP contribution in [-0.2, 0) is 0 Å². The maximum absolute atomic E-state index is 13.1. The van der Waals surface area contributed by atoms with Crippen LogP contribution in [0.2, 0.25) is 0 Å². The highest BCUT2D eigenvalue weighted by molar-refractivity contribution is 5.57. The third-order valence-electron chi connectivity index (χ3n) is 3.20. The van der Waals surface area contributed by atoms with Gasteiger partial charge in [-0.1, -0.05) is 45.4 Å². The van der Waals surface area contributed by atoms with Crippen molar-refractivity contribution in [3.05, 3.63) is 40.7 Å². The highest BCUT2D eigenvalue weighted by atomic mass is 19.1. The fourth-order valence-electron chi connectivity index (χ4n) is 1.93. The molecule has 0 unspecified atom stereocenters. The van der Waals surface area contributed by atoms with Crippen molar-refractivity contribution in [2.75, 3.05) is 13.1 Å². The van der Waals surface area contributed by atoms with Crippen LogP contribution in [0, 0.1) is 24.6 Å². The minimum absolute atomic E-state index is 0.168. The molecule has 0 spiro atoms. The van der Waals surface area contributed by atoms with Crippen molar-refractivity contribution in [1.29, 1.82) is 0 Å². The monoisotopic (exact) mass is 263 g/mol. The Balaban J connectivity index is 2.82. The first-order valence-corrected chi connectivity index (χ1v) is 7.07. The molecule has 2 heteroatoms. The topological polar surface area (TPSA) is 12.0 Å². The van der Waals surface area contributed by atoms with Gasteiger partial charge in [-0.3, -0.25) is 0 Å². The van der Waals surface area contributed by atoms with Crippen molar-refractivity contribution in [3.8, 4) is 0 Å². The molecule has 0 heterocycles. The lowest BCUT2D eigenvalue weighted by Crippen LogP contribution is -2.23. The highest BCUT2D eigenvalue weighted by Crippen LogP contribution is 2.18. The molecular weight excluding hydrogens is 237 g/mol. The molecule has 0 aliphatic heterocycles. The van der Waals surface area contributed by atoms with Gasteiger partial charge in [0.25, 0.3) is 0 Å². The van der Waals surface area contributed by atoms with Crippen LogP contribution in [-0.4, -0.2) is 13.1 Å². The summed E-state index contributed by atoms with van der Waals surface area (Å²) in [6, 6.07) is 4.97. The Morgan fingerprint density at radius 3 is 2.47 bits per heavy atom. The van der Waals surface area contributed by atoms with Gasteiger partial charge in [0.1, 0.15) is 5.82 Å². The quantitative estimate of drug-likeness (QED) is 0.801. The average molecular weight is 263 g/mol. The normalized spacial score (nSPS) is 12.5. The molecule has 0 saturated carbocycles. The van der Waals surface area contributed by atoms with Crippen LogP contribution in [0.3, 0.4) is 0 Å². The van der Waals surface area contributed by atoms with E-state index in [-0.39, 0.29) is 5.82 Å². The Hall–Kier alpha value is -1.15. The van der Waals surface area contributed by atoms with Crippen molar-refractivity contribution in [2.24, 2.45) is 11.8 Å². The maximum atomic E-state index is 13.1. The number of halogens is 1. The summed E-state index contributed by atoms with van der Waals surface area (Å²) in [6.45, 7) is 12.7. The molecular formula is C17H26FN. The van der Waals surface area contributed by atoms with Crippen molar-refractivity contribution >= 4 is 6.08 Å². The molecule has 0 saturated heterocycles. The second-order valence-electron chi connectivity index (χ2n) is 5.90. The number of hydrogen-bond acceptors (Lipinski definition) is 1. The van der Waals surface area contributed by atoms with Gasteiger partial charge >= 0.3 is 0 Å². The largest absolute Gasteiger partial charge is 0.313 e. The Kier molecular flexibility index (Phi) is 6.23. The Labute approximate surface area is 116 Å². The first kappa shape index (κ1) is 15.9. The van der Waals surface area contributed by atoms with Gasteiger partial charge in [-0.05, 0) is 48.6 Å². The Bertz CT molecular complexity index is 433. The van der Waals surface area contributed by atoms with Gasteiger partial charge in [0.05, 0.1) is 0 Å². The molecule has 106 valence electrons. The van der Waals surface area contributed by atoms with E-state index >= 15 is 0 Å². The third kappa shape index (κ3) is 5.56. The van der Waals surface area contributed by atoms with Crippen molar-refractivity contribution in [2.45, 2.75) is 34.6 Å². The van der Waals surface area contributed by atoms with E-state index in [1.165, 1.54) is 11.6 Å². The summed E-state index contributed by atoms with van der Waals surface area (Å²) in [4.78, 5) is 0. The summed E-state index contributed by atoms with van der Waals surface area (Å²) in [5, 5.41) is 3.47. The second kappa shape index (κ2) is 7.44. The van der Waals surface area contributed by atoms with Crippen molar-refractivity contribution < 1.29 is 4.39 Å². The predicted octanol–water partition coefficient (Wildman–Crippen LogP) is 4.42. The molecule has 1 aromatic rings. The first-order chi connectivity index (χ1) is 8.90. The molecule has 19 heavy (non-hydrogen) atoms. The van der Waals surface area contributed by atoms with Gasteiger partial charge < -0.3 is 5.32 Å². The Morgan fingerprint density at radius 2 is 1.95 bits per heavy atom. The van der Waals surface area contributed by atoms with E-state index in [1.54, 1.807) is 6.07 Å². The molecule has 1 nitrogen and oxygen atoms in total. The summed E-state index contributed by atoms with van der Waals surface area (Å²) in [5.41, 5.74) is 3.45. The SMILES string of the molecule is Cc1cc(F)ccc1C=C(CNCC(C)C)C(C)C. The molecule has 0 amide bonds. The predicted molar refractivity (Wildman–Crippen MR) is 81.7 cm³/mol. The van der Waals surface area contributed by atoms with E-state index in [0.717, 1.165) is 24.2 Å². The van der Waals surface area contributed by atoms with Gasteiger partial charge in [0.2, 0.25) is 0 Å². The van der Waals surface area contributed by atoms with E-state index in [0.29, 0.717) is 11.8 Å². The van der Waals surface area contributed by atoms with Crippen LogP contribution >= 0.6 is 0 Å². The average Bonchev–Trinajstić information content (AvgIpc) is 2.30. The van der Waals surface area contributed by atoms with Crippen LogP contribution in [0.15, 0.2) is 23.8 Å². The van der Waals surface area contributed by atoms with Crippen LogP contribution in [0.25, 0.3) is 6.08 Å². The summed E-state index contributed by atoms with van der Waals surface area (Å²) in [7, 11) is 0. The maximum Gasteiger partial charge on any atom is 0.123 e. The highest BCUT2D eigenvalue weighted by Gasteiger charge is 2.05. The zero-order valence-electron chi connectivity index (χ0n) is 12.8. The van der Waals surface area contributed by atoms with Crippen molar-refractivity contribution in [3.63, 3.8) is 0 Å². The smallest absolute Gasteiger partial charge is 0.123 e. The standard InChI is InChI=1S/C17H26FN/c1-12(2)10-19-11-16(13(3)4)9-15-6-7-17(18)8-14(15)5/h6-9,12-13,19H,10-11H2,1-5H3. The summed E-state index contributed by atoms with van der Waals surface area (Å²) < 4.78 is 13.1. The van der Waals surface area contributed by atoms with E-state index in [1.807, 2.05) is 13.0 Å². The fraction of sp³-hybridized carbons (Fsp3) is 0.529. The molecule has 0 fully saturated rings. The first-order valence-electron chi connectivity index (χ1n) is 7.07. The lowest BCUT2D eigenvalue weighted by atomic mass is 9.98. The van der Waals surface area contributed by atoms with Crippen LogP contribution < -0.4 is 5.32 Å². The minimum Gasteiger partial charge on any atom is -0.313 e. The Morgan fingerprint density at radius 1 is 1.26 bits per heavy atom. The van der Waals surface area contributed by atoms with Crippen LogP contribution in [0.4, 0.5) is 4.39 Å². The molecule has 0 aliphatic carbocycles. The molecule has 1 rings (SSSR count). The van der Waals surface area contributed by atoms with E-state index in [2.05, 4.69) is 39.1 Å². The lowest BCUT2D eigenvalue weighted by molar-refractivity contribution is 0.558. The van der Waals surface area contributed by atoms with Crippen LogP contribution in [0.5, 0.6) is 0 Å².